The number of pyridine rings is 4. The van der Waals surface area contributed by atoms with Crippen molar-refractivity contribution in [3.05, 3.63) is 137 Å². The minimum atomic E-state index is -0.803. The van der Waals surface area contributed by atoms with Crippen molar-refractivity contribution in [3.8, 4) is 0 Å². The molecule has 0 spiro atoms. The number of hydrogen-bond donors (Lipinski definition) is 8. The molecule has 0 aliphatic rings. The van der Waals surface area contributed by atoms with Crippen LogP contribution in [0.1, 0.15) is 95.3 Å². The topological polar surface area (TPSA) is 292 Å². The second kappa shape index (κ2) is 23.3. The van der Waals surface area contributed by atoms with Gasteiger partial charge in [0.1, 0.15) is 22.8 Å². The van der Waals surface area contributed by atoms with Crippen molar-refractivity contribution in [3.63, 3.8) is 0 Å². The zero-order chi connectivity index (χ0) is 47.1. The average Bonchev–Trinajstić information content (AvgIpc) is 3.27. The molecule has 0 aromatic carbocycles. The fourth-order valence-corrected chi connectivity index (χ4v) is 6.80. The fraction of sp³-hybridized carbons (Fsp3) is 0.429. The first-order chi connectivity index (χ1) is 30.5. The number of hydrogen-bond acceptors (Lipinski definition) is 14. The number of carbonyl (C=O) groups excluding carboxylic acids is 4. The fourth-order valence-electron chi connectivity index (χ4n) is 6.80. The number of carbonyl (C=O) groups is 4. The Hall–Kier alpha value is -7.20. The van der Waals surface area contributed by atoms with Crippen LogP contribution in [0.2, 0.25) is 0 Å². The van der Waals surface area contributed by atoms with Gasteiger partial charge in [0.05, 0.1) is 0 Å². The van der Waals surface area contributed by atoms with Gasteiger partial charge in [-0.05, 0) is 49.9 Å². The molecule has 22 nitrogen and oxygen atoms in total. The molecule has 8 N–H and O–H groups in total. The standard InChI is InChI=1S/C42H56N10O12/c1-5-27(43-39(57)31-13-9-17-35(53)49(31)61)23-47(24-28(6-2)44-40(58)32-14-10-18-36(54)50(32)62)21-22-48(25-29(7-3)45-41(59)33-15-11-19-37(55)51(33)63)26-30(8-4)46-42(60)34-16-12-20-38(56)52(34)64/h9-20,27-30,61-64H,5-8,21-26H2,1-4H3,(H,43,57)(H,44,58)(H,45,59)(H,46,60)/t27-,28-,29-,30-/m1/s1. The molecule has 4 aromatic heterocycles. The summed E-state index contributed by atoms with van der Waals surface area (Å²) in [6.07, 6.45) is 1.54. The molecule has 0 bridgehead atoms. The first-order valence-electron chi connectivity index (χ1n) is 20.8. The van der Waals surface area contributed by atoms with E-state index in [4.69, 9.17) is 0 Å². The molecule has 4 atom stereocenters. The lowest BCUT2D eigenvalue weighted by Gasteiger charge is -2.35. The van der Waals surface area contributed by atoms with Crippen LogP contribution in [0.5, 0.6) is 0 Å². The van der Waals surface area contributed by atoms with Gasteiger partial charge in [0.25, 0.3) is 45.9 Å². The van der Waals surface area contributed by atoms with Crippen LogP contribution in [0, 0.1) is 0 Å². The van der Waals surface area contributed by atoms with Gasteiger partial charge >= 0.3 is 0 Å². The van der Waals surface area contributed by atoms with E-state index < -0.39 is 70.0 Å². The molecule has 346 valence electrons. The van der Waals surface area contributed by atoms with E-state index in [0.717, 1.165) is 24.3 Å². The van der Waals surface area contributed by atoms with Gasteiger partial charge in [0.2, 0.25) is 0 Å². The Morgan fingerprint density at radius 3 is 0.812 bits per heavy atom. The first-order valence-corrected chi connectivity index (χ1v) is 20.8. The minimum absolute atomic E-state index is 0.174. The van der Waals surface area contributed by atoms with E-state index in [0.29, 0.717) is 25.7 Å². The number of nitrogens with one attached hydrogen (secondary N) is 4. The molecule has 0 fully saturated rings. The van der Waals surface area contributed by atoms with Crippen LogP contribution in [0.3, 0.4) is 0 Å². The second-order valence-electron chi connectivity index (χ2n) is 15.1. The van der Waals surface area contributed by atoms with Crippen molar-refractivity contribution < 1.29 is 40.0 Å². The number of nitrogens with zero attached hydrogens (tertiary/aromatic N) is 6. The third-order valence-corrected chi connectivity index (χ3v) is 10.6. The van der Waals surface area contributed by atoms with Gasteiger partial charge in [-0.15, -0.1) is 18.9 Å². The zero-order valence-electron chi connectivity index (χ0n) is 36.0. The van der Waals surface area contributed by atoms with Crippen LogP contribution in [-0.4, -0.2) is 137 Å². The molecule has 0 radical (unpaired) electrons. The molecule has 22 heteroatoms. The second-order valence-corrected chi connectivity index (χ2v) is 15.1. The quantitative estimate of drug-likeness (QED) is 0.0456. The summed E-state index contributed by atoms with van der Waals surface area (Å²) in [5, 5.41) is 52.5. The van der Waals surface area contributed by atoms with Gasteiger partial charge in [-0.3, -0.25) is 48.2 Å². The SMILES string of the molecule is CC[C@H](CN(CCN(C[C@@H](CC)NC(=O)c1cccc(=O)n1O)C[C@@H](CC)NC(=O)c1cccc(=O)n1O)C[C@@H](CC)NC(=O)c1cccc(=O)n1O)NC(=O)c1cccc(=O)n1O. The molecule has 0 unspecified atom stereocenters. The number of aromatic nitrogens is 4. The number of rotatable bonds is 23. The van der Waals surface area contributed by atoms with Crippen LogP contribution in [0.4, 0.5) is 0 Å². The Kier molecular flexibility index (Phi) is 18.0. The summed E-state index contributed by atoms with van der Waals surface area (Å²) in [4.78, 5) is 106. The van der Waals surface area contributed by atoms with Gasteiger partial charge < -0.3 is 42.1 Å². The van der Waals surface area contributed by atoms with Crippen LogP contribution < -0.4 is 43.5 Å². The highest BCUT2D eigenvalue weighted by Gasteiger charge is 2.26. The van der Waals surface area contributed by atoms with E-state index in [-0.39, 0.29) is 81.0 Å². The molecular weight excluding hydrogens is 837 g/mol. The van der Waals surface area contributed by atoms with E-state index in [1.807, 2.05) is 37.5 Å². The Morgan fingerprint density at radius 1 is 0.422 bits per heavy atom. The van der Waals surface area contributed by atoms with Crippen LogP contribution in [-0.2, 0) is 0 Å². The monoisotopic (exact) mass is 892 g/mol. The van der Waals surface area contributed by atoms with E-state index in [2.05, 4.69) is 21.3 Å². The predicted octanol–water partition coefficient (Wildman–Crippen LogP) is 0.0208. The van der Waals surface area contributed by atoms with E-state index >= 15 is 0 Å². The molecule has 0 aliphatic heterocycles. The van der Waals surface area contributed by atoms with Gasteiger partial charge in [-0.25, -0.2) is 0 Å². The molecule has 4 aromatic rings. The molecule has 64 heavy (non-hydrogen) atoms. The lowest BCUT2D eigenvalue weighted by Crippen LogP contribution is -2.53. The van der Waals surface area contributed by atoms with Crippen LogP contribution in [0.15, 0.2) is 92.0 Å². The largest absolute Gasteiger partial charge is 0.425 e. The van der Waals surface area contributed by atoms with E-state index in [9.17, 15) is 59.2 Å². The maximum atomic E-state index is 13.3. The number of amides is 4. The highest BCUT2D eigenvalue weighted by atomic mass is 16.5. The predicted molar refractivity (Wildman–Crippen MR) is 231 cm³/mol. The molecule has 0 saturated heterocycles. The summed E-state index contributed by atoms with van der Waals surface area (Å²) in [6, 6.07) is 12.6. The maximum Gasteiger partial charge on any atom is 0.283 e. The average molecular weight is 893 g/mol. The molecule has 4 amide bonds. The van der Waals surface area contributed by atoms with Gasteiger partial charge in [-0.1, -0.05) is 52.0 Å². The molecule has 4 rings (SSSR count). The highest BCUT2D eigenvalue weighted by molar-refractivity contribution is 5.94. The van der Waals surface area contributed by atoms with Gasteiger partial charge in [0.15, 0.2) is 0 Å². The molecule has 0 saturated carbocycles. The van der Waals surface area contributed by atoms with Crippen molar-refractivity contribution in [2.75, 3.05) is 39.3 Å². The van der Waals surface area contributed by atoms with Crippen molar-refractivity contribution in [1.82, 2.24) is 50.0 Å². The minimum Gasteiger partial charge on any atom is -0.425 e. The van der Waals surface area contributed by atoms with Crippen LogP contribution in [0.25, 0.3) is 0 Å². The summed E-state index contributed by atoms with van der Waals surface area (Å²) < 4.78 is 0.966. The Morgan fingerprint density at radius 2 is 0.625 bits per heavy atom. The summed E-state index contributed by atoms with van der Waals surface area (Å²) in [7, 11) is 0. The van der Waals surface area contributed by atoms with E-state index in [1.165, 1.54) is 48.5 Å². The summed E-state index contributed by atoms with van der Waals surface area (Å²) in [5.74, 6) is -2.89. The Balaban J connectivity index is 1.65. The Labute approximate surface area is 366 Å². The van der Waals surface area contributed by atoms with E-state index in [1.54, 1.807) is 0 Å². The lowest BCUT2D eigenvalue weighted by atomic mass is 10.1. The normalized spacial score (nSPS) is 13.2. The Bertz CT molecular complexity index is 2160. The van der Waals surface area contributed by atoms with Gasteiger partial charge in [0, 0.05) is 87.7 Å². The van der Waals surface area contributed by atoms with Crippen molar-refractivity contribution in [2.45, 2.75) is 77.5 Å². The first kappa shape index (κ1) is 49.5. The molecule has 0 aliphatic carbocycles. The van der Waals surface area contributed by atoms with Crippen molar-refractivity contribution in [1.29, 1.82) is 0 Å². The summed E-state index contributed by atoms with van der Waals surface area (Å²) in [5.41, 5.74) is -4.37. The third kappa shape index (κ3) is 13.2. The summed E-state index contributed by atoms with van der Waals surface area (Å²) >= 11 is 0. The molecule has 4 heterocycles. The molecular formula is C42H56N10O12. The lowest BCUT2D eigenvalue weighted by molar-refractivity contribution is 0.0808. The van der Waals surface area contributed by atoms with Crippen molar-refractivity contribution in [2.24, 2.45) is 0 Å². The van der Waals surface area contributed by atoms with Gasteiger partial charge in [-0.2, -0.15) is 0 Å². The summed E-state index contributed by atoms with van der Waals surface area (Å²) in [6.45, 7) is 8.46. The third-order valence-electron chi connectivity index (χ3n) is 10.6. The smallest absolute Gasteiger partial charge is 0.283 e. The van der Waals surface area contributed by atoms with Crippen molar-refractivity contribution >= 4 is 23.6 Å². The highest BCUT2D eigenvalue weighted by Crippen LogP contribution is 2.10. The zero-order valence-corrected chi connectivity index (χ0v) is 36.0. The maximum absolute atomic E-state index is 13.3. The van der Waals surface area contributed by atoms with Crippen LogP contribution >= 0.6 is 0 Å².